The third-order valence-electron chi connectivity index (χ3n) is 2.61. The topological polar surface area (TPSA) is 20.2 Å². The smallest absolute Gasteiger partial charge is 0.392 e. The van der Waals surface area contributed by atoms with Crippen LogP contribution in [0.3, 0.4) is 0 Å². The van der Waals surface area contributed by atoms with Crippen molar-refractivity contribution in [3.05, 3.63) is 58.1 Å². The van der Waals surface area contributed by atoms with Crippen molar-refractivity contribution in [2.75, 3.05) is 0 Å². The maximum absolute atomic E-state index is 12.9. The van der Waals surface area contributed by atoms with E-state index in [0.29, 0.717) is 4.90 Å². The molecule has 0 heterocycles. The molecule has 0 aliphatic rings. The van der Waals surface area contributed by atoms with Gasteiger partial charge in [-0.25, -0.2) is 0 Å². The third-order valence-corrected chi connectivity index (χ3v) is 4.13. The summed E-state index contributed by atoms with van der Waals surface area (Å²) in [6.07, 6.45) is -4.46. The van der Waals surface area contributed by atoms with Crippen molar-refractivity contribution in [1.29, 1.82) is 0 Å². The van der Waals surface area contributed by atoms with Crippen LogP contribution in [0.25, 0.3) is 0 Å². The minimum absolute atomic E-state index is 0.113. The fourth-order valence-electron chi connectivity index (χ4n) is 1.66. The van der Waals surface area contributed by atoms with E-state index in [2.05, 4.69) is 15.9 Å². The largest absolute Gasteiger partial charge is 0.416 e. The fourth-order valence-corrected chi connectivity index (χ4v) is 2.78. The third kappa shape index (κ3) is 3.77. The van der Waals surface area contributed by atoms with E-state index >= 15 is 0 Å². The number of hydrogen-bond donors (Lipinski definition) is 1. The first-order valence-corrected chi connectivity index (χ1v) is 7.25. The molecule has 0 aliphatic carbocycles. The molecule has 0 atom stereocenters. The van der Waals surface area contributed by atoms with Crippen LogP contribution in [-0.2, 0) is 12.8 Å². The molecule has 0 radical (unpaired) electrons. The quantitative estimate of drug-likeness (QED) is 0.818. The minimum Gasteiger partial charge on any atom is -0.392 e. The second-order valence-electron chi connectivity index (χ2n) is 4.03. The van der Waals surface area contributed by atoms with Crippen molar-refractivity contribution in [2.45, 2.75) is 22.6 Å². The number of aliphatic hydroxyl groups is 1. The lowest BCUT2D eigenvalue weighted by Gasteiger charge is -2.13. The Morgan fingerprint density at radius 2 is 1.60 bits per heavy atom. The molecule has 0 fully saturated rings. The minimum atomic E-state index is -4.46. The van der Waals surface area contributed by atoms with E-state index in [1.54, 1.807) is 6.07 Å². The summed E-state index contributed by atoms with van der Waals surface area (Å²) in [6, 6.07) is 11.3. The van der Waals surface area contributed by atoms with Gasteiger partial charge in [0.15, 0.2) is 0 Å². The van der Waals surface area contributed by atoms with Crippen LogP contribution in [-0.4, -0.2) is 5.11 Å². The maximum Gasteiger partial charge on any atom is 0.416 e. The number of halogens is 4. The van der Waals surface area contributed by atoms with E-state index < -0.39 is 18.3 Å². The first-order chi connectivity index (χ1) is 9.40. The van der Waals surface area contributed by atoms with Crippen LogP contribution in [0.2, 0.25) is 0 Å². The van der Waals surface area contributed by atoms with Gasteiger partial charge < -0.3 is 5.11 Å². The number of aliphatic hydroxyl groups excluding tert-OH is 1. The lowest BCUT2D eigenvalue weighted by atomic mass is 10.1. The second-order valence-corrected chi connectivity index (χ2v) is 6.09. The van der Waals surface area contributed by atoms with Crippen molar-refractivity contribution >= 4 is 27.7 Å². The Kier molecular flexibility index (Phi) is 4.78. The van der Waals surface area contributed by atoms with Gasteiger partial charge in [-0.2, -0.15) is 13.2 Å². The zero-order valence-electron chi connectivity index (χ0n) is 10.1. The molecule has 0 amide bonds. The molecular formula is C14H10BrF3OS. The van der Waals surface area contributed by atoms with Crippen LogP contribution in [0.1, 0.15) is 11.1 Å². The summed E-state index contributed by atoms with van der Waals surface area (Å²) in [5.41, 5.74) is -0.903. The van der Waals surface area contributed by atoms with Crippen molar-refractivity contribution in [3.63, 3.8) is 0 Å². The van der Waals surface area contributed by atoms with Crippen LogP contribution in [0.5, 0.6) is 0 Å². The first-order valence-electron chi connectivity index (χ1n) is 5.64. The Hall–Kier alpha value is -0.980. The highest BCUT2D eigenvalue weighted by molar-refractivity contribution is 9.10. The van der Waals surface area contributed by atoms with Crippen molar-refractivity contribution in [3.8, 4) is 0 Å². The average molecular weight is 363 g/mol. The second kappa shape index (κ2) is 6.20. The molecule has 2 aromatic rings. The lowest BCUT2D eigenvalue weighted by Crippen LogP contribution is -2.09. The van der Waals surface area contributed by atoms with Crippen LogP contribution in [0.15, 0.2) is 56.7 Å². The van der Waals surface area contributed by atoms with Gasteiger partial charge in [-0.15, -0.1) is 0 Å². The number of hydrogen-bond acceptors (Lipinski definition) is 2. The molecule has 0 saturated heterocycles. The van der Waals surface area contributed by atoms with Crippen LogP contribution in [0.4, 0.5) is 13.2 Å². The molecule has 0 spiro atoms. The summed E-state index contributed by atoms with van der Waals surface area (Å²) in [4.78, 5) is 1.33. The SMILES string of the molecule is OCc1ccc(Sc2ccc(Br)cc2)cc1C(F)(F)F. The highest BCUT2D eigenvalue weighted by Gasteiger charge is 2.33. The van der Waals surface area contributed by atoms with Gasteiger partial charge in [-0.3, -0.25) is 0 Å². The molecule has 6 heteroatoms. The van der Waals surface area contributed by atoms with Gasteiger partial charge in [0, 0.05) is 14.3 Å². The maximum atomic E-state index is 12.9. The predicted molar refractivity (Wildman–Crippen MR) is 75.6 cm³/mol. The normalized spacial score (nSPS) is 11.7. The molecule has 0 bridgehead atoms. The van der Waals surface area contributed by atoms with Gasteiger partial charge in [0.1, 0.15) is 0 Å². The molecular weight excluding hydrogens is 353 g/mol. The Bertz CT molecular complexity index is 596. The summed E-state index contributed by atoms with van der Waals surface area (Å²) in [5.74, 6) is 0. The number of rotatable bonds is 3. The molecule has 2 rings (SSSR count). The first kappa shape index (κ1) is 15.4. The van der Waals surface area contributed by atoms with E-state index in [4.69, 9.17) is 5.11 Å². The van der Waals surface area contributed by atoms with E-state index in [9.17, 15) is 13.2 Å². The van der Waals surface area contributed by atoms with Gasteiger partial charge >= 0.3 is 6.18 Å². The Morgan fingerprint density at radius 1 is 1.00 bits per heavy atom. The van der Waals surface area contributed by atoms with E-state index in [1.807, 2.05) is 24.3 Å². The molecule has 0 aromatic heterocycles. The van der Waals surface area contributed by atoms with Crippen LogP contribution < -0.4 is 0 Å². The zero-order chi connectivity index (χ0) is 14.8. The Morgan fingerprint density at radius 3 is 2.15 bits per heavy atom. The molecule has 0 saturated carbocycles. The number of alkyl halides is 3. The molecule has 1 nitrogen and oxygen atoms in total. The van der Waals surface area contributed by atoms with Crippen molar-refractivity contribution in [1.82, 2.24) is 0 Å². The van der Waals surface area contributed by atoms with E-state index in [1.165, 1.54) is 17.8 Å². The van der Waals surface area contributed by atoms with Crippen molar-refractivity contribution in [2.24, 2.45) is 0 Å². The summed E-state index contributed by atoms with van der Waals surface area (Å²) < 4.78 is 39.6. The van der Waals surface area contributed by atoms with Crippen molar-refractivity contribution < 1.29 is 18.3 Å². The van der Waals surface area contributed by atoms with Gasteiger partial charge in [-0.05, 0) is 42.0 Å². The zero-order valence-corrected chi connectivity index (χ0v) is 12.5. The summed E-state index contributed by atoms with van der Waals surface area (Å²) in [5, 5.41) is 8.98. The predicted octanol–water partition coefficient (Wildman–Crippen LogP) is 5.11. The monoisotopic (exact) mass is 362 g/mol. The van der Waals surface area contributed by atoms with Gasteiger partial charge in [0.25, 0.3) is 0 Å². The van der Waals surface area contributed by atoms with Gasteiger partial charge in [-0.1, -0.05) is 33.8 Å². The van der Waals surface area contributed by atoms with Gasteiger partial charge in [0.05, 0.1) is 12.2 Å². The van der Waals surface area contributed by atoms with Gasteiger partial charge in [0.2, 0.25) is 0 Å². The van der Waals surface area contributed by atoms with E-state index in [-0.39, 0.29) is 5.56 Å². The Labute approximate surface area is 126 Å². The highest BCUT2D eigenvalue weighted by atomic mass is 79.9. The van der Waals surface area contributed by atoms with E-state index in [0.717, 1.165) is 15.4 Å². The average Bonchev–Trinajstić information content (AvgIpc) is 2.40. The molecule has 0 aliphatic heterocycles. The lowest BCUT2D eigenvalue weighted by molar-refractivity contribution is -0.138. The molecule has 0 unspecified atom stereocenters. The number of benzene rings is 2. The van der Waals surface area contributed by atoms with Crippen LogP contribution >= 0.6 is 27.7 Å². The fraction of sp³-hybridized carbons (Fsp3) is 0.143. The summed E-state index contributed by atoms with van der Waals surface area (Å²) in [6.45, 7) is -0.627. The summed E-state index contributed by atoms with van der Waals surface area (Å²) in [7, 11) is 0. The molecule has 20 heavy (non-hydrogen) atoms. The molecule has 106 valence electrons. The Balaban J connectivity index is 2.31. The highest BCUT2D eigenvalue weighted by Crippen LogP contribution is 2.36. The molecule has 1 N–H and O–H groups in total. The van der Waals surface area contributed by atoms with Crippen LogP contribution in [0, 0.1) is 0 Å². The standard InChI is InChI=1S/C14H10BrF3OS/c15-10-2-5-11(6-3-10)20-12-4-1-9(8-19)13(7-12)14(16,17)18/h1-7,19H,8H2. The molecule has 2 aromatic carbocycles. The summed E-state index contributed by atoms with van der Waals surface area (Å²) >= 11 is 4.54.